The number of carboxylic acid groups (broad SMARTS) is 1. The molecular weight excluding hydrogens is 308 g/mol. The zero-order valence-corrected chi connectivity index (χ0v) is 12.0. The molecule has 0 spiro atoms. The maximum Gasteiger partial charge on any atom is 0.306 e. The SMILES string of the molecule is N#Cc1c(Br)cccc1NC1CCCC(C(=O)O)C1. The second-order valence-electron chi connectivity index (χ2n) is 4.82. The van der Waals surface area contributed by atoms with Crippen molar-refractivity contribution in [2.24, 2.45) is 5.92 Å². The molecule has 0 aliphatic heterocycles. The summed E-state index contributed by atoms with van der Waals surface area (Å²) in [5, 5.41) is 21.5. The first-order valence-corrected chi connectivity index (χ1v) is 7.09. The molecule has 2 unspecified atom stereocenters. The summed E-state index contributed by atoms with van der Waals surface area (Å²) >= 11 is 3.35. The Hall–Kier alpha value is -1.54. The smallest absolute Gasteiger partial charge is 0.306 e. The fourth-order valence-electron chi connectivity index (χ4n) is 2.52. The summed E-state index contributed by atoms with van der Waals surface area (Å²) < 4.78 is 0.755. The number of aliphatic carboxylic acids is 1. The molecule has 1 aromatic carbocycles. The van der Waals surface area contributed by atoms with E-state index in [0.717, 1.165) is 29.4 Å². The Morgan fingerprint density at radius 2 is 2.26 bits per heavy atom. The topological polar surface area (TPSA) is 73.1 Å². The highest BCUT2D eigenvalue weighted by atomic mass is 79.9. The lowest BCUT2D eigenvalue weighted by atomic mass is 9.85. The van der Waals surface area contributed by atoms with E-state index in [-0.39, 0.29) is 12.0 Å². The number of hydrogen-bond donors (Lipinski definition) is 2. The third-order valence-electron chi connectivity index (χ3n) is 3.51. The zero-order valence-electron chi connectivity index (χ0n) is 10.4. The van der Waals surface area contributed by atoms with Gasteiger partial charge >= 0.3 is 5.97 Å². The van der Waals surface area contributed by atoms with Crippen LogP contribution in [0.15, 0.2) is 22.7 Å². The van der Waals surface area contributed by atoms with E-state index in [0.29, 0.717) is 12.0 Å². The Kier molecular flexibility index (Phi) is 4.43. The molecule has 2 atom stereocenters. The molecule has 2 rings (SSSR count). The molecule has 0 aromatic heterocycles. The number of nitrogens with one attached hydrogen (secondary N) is 1. The number of hydrogen-bond acceptors (Lipinski definition) is 3. The Morgan fingerprint density at radius 1 is 1.47 bits per heavy atom. The predicted octanol–water partition coefficient (Wildman–Crippen LogP) is 3.38. The lowest BCUT2D eigenvalue weighted by Crippen LogP contribution is -2.31. The van der Waals surface area contributed by atoms with E-state index < -0.39 is 5.97 Å². The molecule has 5 heteroatoms. The zero-order chi connectivity index (χ0) is 13.8. The molecular formula is C14H15BrN2O2. The van der Waals surface area contributed by atoms with Crippen LogP contribution in [0.25, 0.3) is 0 Å². The van der Waals surface area contributed by atoms with Crippen molar-refractivity contribution in [3.05, 3.63) is 28.2 Å². The minimum atomic E-state index is -0.721. The molecule has 0 heterocycles. The third-order valence-corrected chi connectivity index (χ3v) is 4.17. The van der Waals surface area contributed by atoms with E-state index in [1.165, 1.54) is 0 Å². The molecule has 19 heavy (non-hydrogen) atoms. The minimum absolute atomic E-state index is 0.122. The summed E-state index contributed by atoms with van der Waals surface area (Å²) in [6.07, 6.45) is 3.22. The van der Waals surface area contributed by atoms with Crippen LogP contribution in [0.3, 0.4) is 0 Å². The average molecular weight is 323 g/mol. The standard InChI is InChI=1S/C14H15BrN2O2/c15-12-5-2-6-13(11(12)8-16)17-10-4-1-3-9(7-10)14(18)19/h2,5-6,9-10,17H,1,3-4,7H2,(H,18,19). The maximum absolute atomic E-state index is 11.0. The number of benzene rings is 1. The van der Waals surface area contributed by atoms with Crippen LogP contribution in [-0.4, -0.2) is 17.1 Å². The van der Waals surface area contributed by atoms with Gasteiger partial charge in [0.2, 0.25) is 0 Å². The van der Waals surface area contributed by atoms with Crippen molar-refractivity contribution in [2.75, 3.05) is 5.32 Å². The first-order valence-electron chi connectivity index (χ1n) is 6.29. The van der Waals surface area contributed by atoms with Gasteiger partial charge in [-0.2, -0.15) is 5.26 Å². The number of nitriles is 1. The second-order valence-corrected chi connectivity index (χ2v) is 5.67. The molecule has 1 aromatic rings. The van der Waals surface area contributed by atoms with E-state index in [1.807, 2.05) is 18.2 Å². The first-order chi connectivity index (χ1) is 9.11. The monoisotopic (exact) mass is 322 g/mol. The fourth-order valence-corrected chi connectivity index (χ4v) is 2.98. The molecule has 4 nitrogen and oxygen atoms in total. The van der Waals surface area contributed by atoms with E-state index in [4.69, 9.17) is 10.4 Å². The van der Waals surface area contributed by atoms with Crippen LogP contribution in [0, 0.1) is 17.2 Å². The summed E-state index contributed by atoms with van der Waals surface area (Å²) in [5.41, 5.74) is 1.34. The number of halogens is 1. The van der Waals surface area contributed by atoms with Crippen molar-refractivity contribution in [2.45, 2.75) is 31.7 Å². The van der Waals surface area contributed by atoms with Crippen LogP contribution >= 0.6 is 15.9 Å². The molecule has 2 N–H and O–H groups in total. The van der Waals surface area contributed by atoms with Crippen LogP contribution in [-0.2, 0) is 4.79 Å². The average Bonchev–Trinajstić information content (AvgIpc) is 2.39. The Labute approximate surface area is 120 Å². The highest BCUT2D eigenvalue weighted by Crippen LogP contribution is 2.30. The summed E-state index contributed by atoms with van der Waals surface area (Å²) in [5.74, 6) is -0.995. The van der Waals surface area contributed by atoms with Gasteiger partial charge < -0.3 is 10.4 Å². The number of carbonyl (C=O) groups is 1. The van der Waals surface area contributed by atoms with Gasteiger partial charge in [0.15, 0.2) is 0 Å². The van der Waals surface area contributed by atoms with Gasteiger partial charge in [0.1, 0.15) is 6.07 Å². The summed E-state index contributed by atoms with van der Waals surface area (Å²) in [6, 6.07) is 7.83. The first kappa shape index (κ1) is 13.9. The lowest BCUT2D eigenvalue weighted by Gasteiger charge is -2.28. The van der Waals surface area contributed by atoms with E-state index in [9.17, 15) is 4.79 Å². The molecule has 1 aliphatic rings. The van der Waals surface area contributed by atoms with Crippen molar-refractivity contribution in [3.8, 4) is 6.07 Å². The Balaban J connectivity index is 2.11. The number of rotatable bonds is 3. The van der Waals surface area contributed by atoms with E-state index in [1.54, 1.807) is 0 Å². The van der Waals surface area contributed by atoms with Crippen LogP contribution in [0.2, 0.25) is 0 Å². The van der Waals surface area contributed by atoms with Gasteiger partial charge in [0.25, 0.3) is 0 Å². The van der Waals surface area contributed by atoms with Crippen LogP contribution < -0.4 is 5.32 Å². The minimum Gasteiger partial charge on any atom is -0.481 e. The fraction of sp³-hybridized carbons (Fsp3) is 0.429. The van der Waals surface area contributed by atoms with Gasteiger partial charge in [-0.1, -0.05) is 12.5 Å². The van der Waals surface area contributed by atoms with Gasteiger partial charge in [-0.15, -0.1) is 0 Å². The molecule has 100 valence electrons. The third kappa shape index (κ3) is 3.27. The highest BCUT2D eigenvalue weighted by Gasteiger charge is 2.27. The molecule has 0 bridgehead atoms. The Bertz CT molecular complexity index is 525. The van der Waals surface area contributed by atoms with Crippen LogP contribution in [0.4, 0.5) is 5.69 Å². The second kappa shape index (κ2) is 6.07. The predicted molar refractivity (Wildman–Crippen MR) is 75.9 cm³/mol. The number of carboxylic acids is 1. The number of anilines is 1. The maximum atomic E-state index is 11.0. The van der Waals surface area contributed by atoms with E-state index >= 15 is 0 Å². The van der Waals surface area contributed by atoms with Gasteiger partial charge in [0, 0.05) is 10.5 Å². The lowest BCUT2D eigenvalue weighted by molar-refractivity contribution is -0.142. The molecule has 1 saturated carbocycles. The van der Waals surface area contributed by atoms with Crippen LogP contribution in [0.1, 0.15) is 31.2 Å². The molecule has 1 aliphatic carbocycles. The van der Waals surface area contributed by atoms with Gasteiger partial charge in [-0.3, -0.25) is 4.79 Å². The Morgan fingerprint density at radius 3 is 2.95 bits per heavy atom. The summed E-state index contributed by atoms with van der Waals surface area (Å²) in [4.78, 5) is 11.0. The number of nitrogens with zero attached hydrogens (tertiary/aromatic N) is 1. The van der Waals surface area contributed by atoms with E-state index in [2.05, 4.69) is 27.3 Å². The molecule has 0 radical (unpaired) electrons. The highest BCUT2D eigenvalue weighted by molar-refractivity contribution is 9.10. The normalized spacial score (nSPS) is 22.5. The van der Waals surface area contributed by atoms with Crippen molar-refractivity contribution in [3.63, 3.8) is 0 Å². The van der Waals surface area contributed by atoms with Gasteiger partial charge in [0.05, 0.1) is 17.2 Å². The summed E-state index contributed by atoms with van der Waals surface area (Å²) in [6.45, 7) is 0. The molecule has 0 saturated heterocycles. The largest absolute Gasteiger partial charge is 0.481 e. The van der Waals surface area contributed by atoms with Crippen molar-refractivity contribution >= 4 is 27.6 Å². The molecule has 1 fully saturated rings. The van der Waals surface area contributed by atoms with Crippen molar-refractivity contribution in [1.29, 1.82) is 5.26 Å². The van der Waals surface area contributed by atoms with Crippen molar-refractivity contribution in [1.82, 2.24) is 0 Å². The van der Waals surface area contributed by atoms with Gasteiger partial charge in [-0.05, 0) is 47.3 Å². The van der Waals surface area contributed by atoms with Crippen molar-refractivity contribution < 1.29 is 9.90 Å². The van der Waals surface area contributed by atoms with Crippen LogP contribution in [0.5, 0.6) is 0 Å². The quantitative estimate of drug-likeness (QED) is 0.894. The summed E-state index contributed by atoms with van der Waals surface area (Å²) in [7, 11) is 0. The van der Waals surface area contributed by atoms with Gasteiger partial charge in [-0.25, -0.2) is 0 Å². The molecule has 0 amide bonds.